The van der Waals surface area contributed by atoms with E-state index < -0.39 is 0 Å². The van der Waals surface area contributed by atoms with Crippen molar-refractivity contribution in [3.8, 4) is 0 Å². The highest BCUT2D eigenvalue weighted by Crippen LogP contribution is 2.33. The van der Waals surface area contributed by atoms with Crippen molar-refractivity contribution in [3.05, 3.63) is 71.0 Å². The predicted octanol–water partition coefficient (Wildman–Crippen LogP) is 4.47. The van der Waals surface area contributed by atoms with Crippen molar-refractivity contribution in [3.63, 3.8) is 0 Å². The fourth-order valence-electron chi connectivity index (χ4n) is 3.14. The molecule has 1 saturated heterocycles. The average molecular weight is 269 g/mol. The number of rotatable bonds is 3. The molecule has 20 heavy (non-hydrogen) atoms. The molecule has 0 bridgehead atoms. The van der Waals surface area contributed by atoms with Crippen LogP contribution in [0.25, 0.3) is 0 Å². The second-order valence-electron chi connectivity index (χ2n) is 5.67. The maximum atomic E-state index is 13.3. The molecule has 1 nitrogen and oxygen atoms in total. The van der Waals surface area contributed by atoms with Gasteiger partial charge >= 0.3 is 0 Å². The Kier molecular flexibility index (Phi) is 3.83. The molecule has 0 radical (unpaired) electrons. The standard InChI is InChI=1S/C18H20FN/c1-14-5-2-7-16(11-14)18-9-4-10-20(18)13-15-6-3-8-17(19)12-15/h2-3,5-8,11-12,18H,4,9-10,13H2,1H3/t18-/m1/s1. The van der Waals surface area contributed by atoms with Crippen LogP contribution in [0.15, 0.2) is 48.5 Å². The van der Waals surface area contributed by atoms with E-state index in [0.717, 1.165) is 18.7 Å². The lowest BCUT2D eigenvalue weighted by Crippen LogP contribution is -2.22. The topological polar surface area (TPSA) is 3.24 Å². The lowest BCUT2D eigenvalue weighted by Gasteiger charge is -2.25. The van der Waals surface area contributed by atoms with E-state index in [1.165, 1.54) is 30.0 Å². The summed E-state index contributed by atoms with van der Waals surface area (Å²) in [6, 6.07) is 16.2. The van der Waals surface area contributed by atoms with Crippen LogP contribution >= 0.6 is 0 Å². The molecule has 0 aliphatic carbocycles. The van der Waals surface area contributed by atoms with Crippen LogP contribution in [0.4, 0.5) is 4.39 Å². The van der Waals surface area contributed by atoms with E-state index in [9.17, 15) is 4.39 Å². The number of aryl methyl sites for hydroxylation is 1. The summed E-state index contributed by atoms with van der Waals surface area (Å²) in [7, 11) is 0. The van der Waals surface area contributed by atoms with Crippen molar-refractivity contribution in [1.29, 1.82) is 0 Å². The highest BCUT2D eigenvalue weighted by atomic mass is 19.1. The molecule has 2 aromatic carbocycles. The lowest BCUT2D eigenvalue weighted by molar-refractivity contribution is 0.248. The van der Waals surface area contributed by atoms with Gasteiger partial charge in [-0.2, -0.15) is 0 Å². The van der Waals surface area contributed by atoms with Gasteiger partial charge in [-0.15, -0.1) is 0 Å². The summed E-state index contributed by atoms with van der Waals surface area (Å²) >= 11 is 0. The molecule has 0 aromatic heterocycles. The average Bonchev–Trinajstić information content (AvgIpc) is 2.87. The first-order chi connectivity index (χ1) is 9.72. The van der Waals surface area contributed by atoms with Crippen molar-refractivity contribution in [2.45, 2.75) is 32.4 Å². The van der Waals surface area contributed by atoms with Gasteiger partial charge < -0.3 is 0 Å². The normalized spacial score (nSPS) is 19.4. The summed E-state index contributed by atoms with van der Waals surface area (Å²) in [5, 5.41) is 0. The number of hydrogen-bond donors (Lipinski definition) is 0. The maximum Gasteiger partial charge on any atom is 0.123 e. The smallest absolute Gasteiger partial charge is 0.123 e. The second-order valence-corrected chi connectivity index (χ2v) is 5.67. The molecule has 3 rings (SSSR count). The number of halogens is 1. The first kappa shape index (κ1) is 13.3. The van der Waals surface area contributed by atoms with Crippen LogP contribution in [0, 0.1) is 12.7 Å². The number of nitrogens with zero attached hydrogens (tertiary/aromatic N) is 1. The van der Waals surface area contributed by atoms with Gasteiger partial charge in [0.1, 0.15) is 5.82 Å². The second kappa shape index (κ2) is 5.76. The van der Waals surface area contributed by atoms with Crippen molar-refractivity contribution in [2.75, 3.05) is 6.54 Å². The van der Waals surface area contributed by atoms with Gasteiger partial charge in [-0.05, 0) is 49.6 Å². The largest absolute Gasteiger partial charge is 0.292 e. The Morgan fingerprint density at radius 1 is 1.15 bits per heavy atom. The summed E-state index contributed by atoms with van der Waals surface area (Å²) in [6.45, 7) is 4.06. The summed E-state index contributed by atoms with van der Waals surface area (Å²) in [4.78, 5) is 2.46. The maximum absolute atomic E-state index is 13.3. The zero-order valence-corrected chi connectivity index (χ0v) is 11.8. The molecule has 0 unspecified atom stereocenters. The van der Waals surface area contributed by atoms with Crippen LogP contribution in [0.3, 0.4) is 0 Å². The van der Waals surface area contributed by atoms with Crippen molar-refractivity contribution in [2.24, 2.45) is 0 Å². The minimum absolute atomic E-state index is 0.145. The third kappa shape index (κ3) is 2.91. The summed E-state index contributed by atoms with van der Waals surface area (Å²) in [6.07, 6.45) is 2.41. The van der Waals surface area contributed by atoms with E-state index in [1.54, 1.807) is 12.1 Å². The highest BCUT2D eigenvalue weighted by Gasteiger charge is 2.25. The number of hydrogen-bond acceptors (Lipinski definition) is 1. The fraction of sp³-hybridized carbons (Fsp3) is 0.333. The van der Waals surface area contributed by atoms with Crippen LogP contribution in [0.2, 0.25) is 0 Å². The summed E-state index contributed by atoms with van der Waals surface area (Å²) < 4.78 is 13.3. The third-order valence-electron chi connectivity index (χ3n) is 4.07. The molecule has 2 heteroatoms. The minimum atomic E-state index is -0.145. The van der Waals surface area contributed by atoms with E-state index >= 15 is 0 Å². The number of likely N-dealkylation sites (tertiary alicyclic amines) is 1. The van der Waals surface area contributed by atoms with Crippen LogP contribution in [-0.4, -0.2) is 11.4 Å². The molecule has 1 atom stereocenters. The molecule has 2 aromatic rings. The highest BCUT2D eigenvalue weighted by molar-refractivity contribution is 5.26. The van der Waals surface area contributed by atoms with Gasteiger partial charge in [0.25, 0.3) is 0 Å². The Hall–Kier alpha value is -1.67. The van der Waals surface area contributed by atoms with Crippen LogP contribution in [0.5, 0.6) is 0 Å². The Bertz CT molecular complexity index is 593. The first-order valence-electron chi connectivity index (χ1n) is 7.27. The quantitative estimate of drug-likeness (QED) is 0.794. The fourth-order valence-corrected chi connectivity index (χ4v) is 3.14. The van der Waals surface area contributed by atoms with Gasteiger partial charge in [0.2, 0.25) is 0 Å². The van der Waals surface area contributed by atoms with Gasteiger partial charge in [-0.3, -0.25) is 4.90 Å². The molecule has 1 fully saturated rings. The van der Waals surface area contributed by atoms with Crippen molar-refractivity contribution < 1.29 is 4.39 Å². The molecule has 1 heterocycles. The van der Waals surface area contributed by atoms with Crippen molar-refractivity contribution in [1.82, 2.24) is 4.90 Å². The summed E-state index contributed by atoms with van der Waals surface area (Å²) in [5.74, 6) is -0.145. The monoisotopic (exact) mass is 269 g/mol. The van der Waals surface area contributed by atoms with Gasteiger partial charge in [0.15, 0.2) is 0 Å². The van der Waals surface area contributed by atoms with Gasteiger partial charge in [0, 0.05) is 12.6 Å². The Morgan fingerprint density at radius 2 is 2.00 bits per heavy atom. The van der Waals surface area contributed by atoms with Crippen LogP contribution in [0.1, 0.15) is 35.6 Å². The molecule has 1 aliphatic heterocycles. The molecule has 104 valence electrons. The molecule has 0 amide bonds. The Balaban J connectivity index is 1.79. The lowest BCUT2D eigenvalue weighted by atomic mass is 10.0. The van der Waals surface area contributed by atoms with Crippen molar-refractivity contribution >= 4 is 0 Å². The molecule has 0 N–H and O–H groups in total. The SMILES string of the molecule is Cc1cccc([C@H]2CCCN2Cc2cccc(F)c2)c1. The van der Waals surface area contributed by atoms with E-state index in [-0.39, 0.29) is 5.82 Å². The first-order valence-corrected chi connectivity index (χ1v) is 7.27. The Labute approximate surface area is 120 Å². The third-order valence-corrected chi connectivity index (χ3v) is 4.07. The van der Waals surface area contributed by atoms with E-state index in [0.29, 0.717) is 6.04 Å². The molecular weight excluding hydrogens is 249 g/mol. The minimum Gasteiger partial charge on any atom is -0.292 e. The van der Waals surface area contributed by atoms with E-state index in [4.69, 9.17) is 0 Å². The van der Waals surface area contributed by atoms with Crippen LogP contribution in [-0.2, 0) is 6.54 Å². The van der Waals surface area contributed by atoms with Gasteiger partial charge in [-0.25, -0.2) is 4.39 Å². The summed E-state index contributed by atoms with van der Waals surface area (Å²) in [5.41, 5.74) is 3.75. The van der Waals surface area contributed by atoms with Crippen LogP contribution < -0.4 is 0 Å². The number of benzene rings is 2. The zero-order valence-electron chi connectivity index (χ0n) is 11.8. The zero-order chi connectivity index (χ0) is 13.9. The van der Waals surface area contributed by atoms with Gasteiger partial charge in [-0.1, -0.05) is 42.0 Å². The molecule has 0 spiro atoms. The molecule has 1 aliphatic rings. The molecule has 0 saturated carbocycles. The molecular formula is C18H20FN. The van der Waals surface area contributed by atoms with Gasteiger partial charge in [0.05, 0.1) is 0 Å². The van der Waals surface area contributed by atoms with E-state index in [1.807, 2.05) is 6.07 Å². The van der Waals surface area contributed by atoms with E-state index in [2.05, 4.69) is 36.1 Å². The predicted molar refractivity (Wildman–Crippen MR) is 80.0 cm³/mol. The Morgan fingerprint density at radius 3 is 2.80 bits per heavy atom.